The van der Waals surface area contributed by atoms with Crippen molar-refractivity contribution in [2.45, 2.75) is 31.8 Å². The summed E-state index contributed by atoms with van der Waals surface area (Å²) >= 11 is 0. The lowest BCUT2D eigenvalue weighted by atomic mass is 9.96. The fraction of sp³-hybridized carbons (Fsp3) is 0.471. The molecule has 3 rings (SSSR count). The maximum atomic E-state index is 13.2. The first kappa shape index (κ1) is 16.4. The highest BCUT2D eigenvalue weighted by Gasteiger charge is 2.56. The number of nitrogens with zero attached hydrogens (tertiary/aromatic N) is 2. The van der Waals surface area contributed by atoms with Crippen molar-refractivity contribution in [1.29, 1.82) is 0 Å². The van der Waals surface area contributed by atoms with Crippen molar-refractivity contribution in [3.63, 3.8) is 0 Å². The second kappa shape index (κ2) is 5.89. The Labute approximate surface area is 139 Å². The zero-order valence-electron chi connectivity index (χ0n) is 13.7. The Morgan fingerprint density at radius 2 is 2.12 bits per heavy atom. The van der Waals surface area contributed by atoms with Crippen LogP contribution in [0.1, 0.15) is 25.3 Å². The fourth-order valence-electron chi connectivity index (χ4n) is 3.05. The predicted octanol–water partition coefficient (Wildman–Crippen LogP) is 1.50. The lowest BCUT2D eigenvalue weighted by Gasteiger charge is -2.22. The van der Waals surface area contributed by atoms with Crippen LogP contribution in [0.5, 0.6) is 0 Å². The molecule has 0 bridgehead atoms. The van der Waals surface area contributed by atoms with Crippen LogP contribution in [-0.2, 0) is 16.1 Å². The number of rotatable bonds is 5. The fourth-order valence-corrected chi connectivity index (χ4v) is 3.05. The van der Waals surface area contributed by atoms with Gasteiger partial charge in [-0.15, -0.1) is 0 Å². The molecule has 2 aliphatic rings. The molecule has 6 nitrogen and oxygen atoms in total. The summed E-state index contributed by atoms with van der Waals surface area (Å²) < 4.78 is 13.2. The Bertz CT molecular complexity index is 704. The second-order valence-corrected chi connectivity index (χ2v) is 6.68. The van der Waals surface area contributed by atoms with Crippen molar-refractivity contribution in [2.75, 3.05) is 13.6 Å². The molecule has 1 aliphatic heterocycles. The minimum absolute atomic E-state index is 0.152. The third-order valence-corrected chi connectivity index (χ3v) is 4.72. The average molecular weight is 333 g/mol. The number of urea groups is 1. The zero-order valence-corrected chi connectivity index (χ0v) is 13.7. The molecule has 0 aromatic heterocycles. The number of nitrogens with one attached hydrogen (secondary N) is 1. The molecule has 1 unspecified atom stereocenters. The molecular weight excluding hydrogens is 313 g/mol. The molecule has 7 heteroatoms. The molecule has 128 valence electrons. The lowest BCUT2D eigenvalue weighted by molar-refractivity contribution is -0.138. The lowest BCUT2D eigenvalue weighted by Crippen LogP contribution is -2.47. The molecule has 1 saturated carbocycles. The second-order valence-electron chi connectivity index (χ2n) is 6.68. The number of halogens is 1. The third kappa shape index (κ3) is 2.98. The predicted molar refractivity (Wildman–Crippen MR) is 84.2 cm³/mol. The number of amides is 4. The van der Waals surface area contributed by atoms with E-state index in [0.717, 1.165) is 17.7 Å². The van der Waals surface area contributed by atoms with Gasteiger partial charge in [0.15, 0.2) is 0 Å². The SMILES string of the molecule is CN(Cc1cccc(F)c1)C(=O)CN1C(=O)NC(C)(C2CC2)C1=O. The normalized spacial score (nSPS) is 23.4. The molecule has 1 aromatic carbocycles. The van der Waals surface area contributed by atoms with E-state index < -0.39 is 11.6 Å². The molecule has 1 N–H and O–H groups in total. The van der Waals surface area contributed by atoms with Crippen LogP contribution >= 0.6 is 0 Å². The minimum Gasteiger partial charge on any atom is -0.340 e. The first-order valence-corrected chi connectivity index (χ1v) is 7.94. The van der Waals surface area contributed by atoms with Crippen molar-refractivity contribution in [3.8, 4) is 0 Å². The monoisotopic (exact) mass is 333 g/mol. The summed E-state index contributed by atoms with van der Waals surface area (Å²) in [5.41, 5.74) is -0.246. The summed E-state index contributed by atoms with van der Waals surface area (Å²) in [6.07, 6.45) is 1.81. The molecule has 0 spiro atoms. The molecule has 24 heavy (non-hydrogen) atoms. The highest BCUT2D eigenvalue weighted by atomic mass is 19.1. The van der Waals surface area contributed by atoms with Gasteiger partial charge in [0, 0.05) is 13.6 Å². The van der Waals surface area contributed by atoms with Gasteiger partial charge in [-0.1, -0.05) is 12.1 Å². The Morgan fingerprint density at radius 1 is 1.42 bits per heavy atom. The molecule has 4 amide bonds. The standard InChI is InChI=1S/C17H20FN3O3/c1-17(12-6-7-12)15(23)21(16(24)19-17)10-14(22)20(2)9-11-4-3-5-13(18)8-11/h3-5,8,12H,6-7,9-10H2,1-2H3,(H,19,24). The van der Waals surface area contributed by atoms with E-state index >= 15 is 0 Å². The molecule has 1 aromatic rings. The van der Waals surface area contributed by atoms with E-state index in [4.69, 9.17) is 0 Å². The molecular formula is C17H20FN3O3. The summed E-state index contributed by atoms with van der Waals surface area (Å²) in [4.78, 5) is 39.3. The average Bonchev–Trinajstić information content (AvgIpc) is 3.33. The molecule has 1 saturated heterocycles. The van der Waals surface area contributed by atoms with Gasteiger partial charge in [-0.2, -0.15) is 0 Å². The number of imide groups is 1. The van der Waals surface area contributed by atoms with E-state index in [2.05, 4.69) is 5.32 Å². The third-order valence-electron chi connectivity index (χ3n) is 4.72. The van der Waals surface area contributed by atoms with Crippen LogP contribution < -0.4 is 5.32 Å². The van der Waals surface area contributed by atoms with Crippen LogP contribution in [0.15, 0.2) is 24.3 Å². The van der Waals surface area contributed by atoms with Gasteiger partial charge >= 0.3 is 6.03 Å². The van der Waals surface area contributed by atoms with Gasteiger partial charge in [-0.3, -0.25) is 14.5 Å². The van der Waals surface area contributed by atoms with E-state index in [9.17, 15) is 18.8 Å². The summed E-state index contributed by atoms with van der Waals surface area (Å²) in [7, 11) is 1.56. The van der Waals surface area contributed by atoms with Gasteiger partial charge in [-0.05, 0) is 43.4 Å². The highest BCUT2D eigenvalue weighted by molar-refractivity contribution is 6.09. The Balaban J connectivity index is 1.63. The highest BCUT2D eigenvalue weighted by Crippen LogP contribution is 2.42. The molecule has 1 atom stereocenters. The van der Waals surface area contributed by atoms with Crippen LogP contribution in [0.3, 0.4) is 0 Å². The summed E-state index contributed by atoms with van der Waals surface area (Å²) in [5.74, 6) is -0.938. The van der Waals surface area contributed by atoms with E-state index in [1.165, 1.54) is 17.0 Å². The van der Waals surface area contributed by atoms with Crippen molar-refractivity contribution < 1.29 is 18.8 Å². The zero-order chi connectivity index (χ0) is 17.5. The minimum atomic E-state index is -0.890. The number of hydrogen-bond donors (Lipinski definition) is 1. The number of carbonyl (C=O) groups is 3. The van der Waals surface area contributed by atoms with Gasteiger partial charge in [-0.25, -0.2) is 9.18 Å². The van der Waals surface area contributed by atoms with Crippen LogP contribution in [0.25, 0.3) is 0 Å². The van der Waals surface area contributed by atoms with Crippen molar-refractivity contribution in [2.24, 2.45) is 5.92 Å². The quantitative estimate of drug-likeness (QED) is 0.830. The van der Waals surface area contributed by atoms with E-state index in [-0.39, 0.29) is 36.6 Å². The maximum absolute atomic E-state index is 13.2. The number of hydrogen-bond acceptors (Lipinski definition) is 3. The summed E-state index contributed by atoms with van der Waals surface area (Å²) in [5, 5.41) is 2.71. The number of likely N-dealkylation sites (N-methyl/N-ethyl adjacent to an activating group) is 1. The van der Waals surface area contributed by atoms with E-state index in [1.807, 2.05) is 0 Å². The Hall–Kier alpha value is -2.44. The van der Waals surface area contributed by atoms with Crippen LogP contribution in [0, 0.1) is 11.7 Å². The summed E-state index contributed by atoms with van der Waals surface area (Å²) in [6, 6.07) is 5.44. The van der Waals surface area contributed by atoms with E-state index in [0.29, 0.717) is 5.56 Å². The van der Waals surface area contributed by atoms with Gasteiger partial charge < -0.3 is 10.2 Å². The van der Waals surface area contributed by atoms with Crippen LogP contribution in [0.4, 0.5) is 9.18 Å². The first-order chi connectivity index (χ1) is 11.3. The Morgan fingerprint density at radius 3 is 2.75 bits per heavy atom. The number of carbonyl (C=O) groups excluding carboxylic acids is 3. The summed E-state index contributed by atoms with van der Waals surface area (Å²) in [6.45, 7) is 1.62. The van der Waals surface area contributed by atoms with Gasteiger partial charge in [0.05, 0.1) is 0 Å². The molecule has 1 heterocycles. The molecule has 2 fully saturated rings. The topological polar surface area (TPSA) is 69.7 Å². The Kier molecular flexibility index (Phi) is 4.03. The largest absolute Gasteiger partial charge is 0.340 e. The van der Waals surface area contributed by atoms with Gasteiger partial charge in [0.25, 0.3) is 5.91 Å². The first-order valence-electron chi connectivity index (χ1n) is 7.94. The smallest absolute Gasteiger partial charge is 0.325 e. The van der Waals surface area contributed by atoms with E-state index in [1.54, 1.807) is 26.1 Å². The van der Waals surface area contributed by atoms with Crippen molar-refractivity contribution in [3.05, 3.63) is 35.6 Å². The van der Waals surface area contributed by atoms with Crippen molar-refractivity contribution in [1.82, 2.24) is 15.1 Å². The van der Waals surface area contributed by atoms with Gasteiger partial charge in [0.2, 0.25) is 5.91 Å². The molecule has 0 radical (unpaired) electrons. The molecule has 1 aliphatic carbocycles. The maximum Gasteiger partial charge on any atom is 0.325 e. The van der Waals surface area contributed by atoms with Crippen LogP contribution in [0.2, 0.25) is 0 Å². The van der Waals surface area contributed by atoms with Crippen LogP contribution in [-0.4, -0.2) is 46.8 Å². The van der Waals surface area contributed by atoms with Crippen molar-refractivity contribution >= 4 is 17.8 Å². The number of benzene rings is 1. The van der Waals surface area contributed by atoms with Gasteiger partial charge in [0.1, 0.15) is 17.9 Å².